The van der Waals surface area contributed by atoms with Crippen LogP contribution in [0, 0.1) is 13.0 Å². The minimum Gasteiger partial charge on any atom is -0.224 e. The number of sulfone groups is 1. The Morgan fingerprint density at radius 1 is 1.00 bits per heavy atom. The zero-order valence-corrected chi connectivity index (χ0v) is 10.6. The van der Waals surface area contributed by atoms with Gasteiger partial charge in [-0.3, -0.25) is 0 Å². The lowest BCUT2D eigenvalue weighted by molar-refractivity contribution is 0.602. The minimum atomic E-state index is -3.20. The molecule has 0 spiro atoms. The summed E-state index contributed by atoms with van der Waals surface area (Å²) < 4.78 is 22.9. The Morgan fingerprint density at radius 2 is 1.65 bits per heavy atom. The fraction of sp³-hybridized carbons (Fsp3) is 0.143. The normalized spacial score (nSPS) is 11.4. The predicted octanol–water partition coefficient (Wildman–Crippen LogP) is 2.87. The standard InChI is InChI=1S/C14H13O2S/c1-11-6-8-12(9-7-11)13-4-3-5-14(10-13)17(2,15)16/h3-9H,1-2H3. The van der Waals surface area contributed by atoms with Gasteiger partial charge in [-0.05, 0) is 24.1 Å². The molecular formula is C14H13O2S. The molecule has 0 atom stereocenters. The molecule has 0 aromatic heterocycles. The second-order valence-corrected chi connectivity index (χ2v) is 6.05. The van der Waals surface area contributed by atoms with Crippen molar-refractivity contribution in [1.82, 2.24) is 0 Å². The Bertz CT molecular complexity index is 626. The fourth-order valence-electron chi connectivity index (χ4n) is 1.57. The largest absolute Gasteiger partial charge is 0.224 e. The Hall–Kier alpha value is -1.61. The third-order valence-electron chi connectivity index (χ3n) is 2.53. The van der Waals surface area contributed by atoms with E-state index in [0.717, 1.165) is 11.1 Å². The molecule has 2 aromatic carbocycles. The average Bonchev–Trinajstić information content (AvgIpc) is 2.29. The Labute approximate surface area is 102 Å². The van der Waals surface area contributed by atoms with Crippen LogP contribution in [0.3, 0.4) is 0 Å². The van der Waals surface area contributed by atoms with Crippen molar-refractivity contribution in [3.05, 3.63) is 54.1 Å². The molecule has 2 nitrogen and oxygen atoms in total. The first-order valence-corrected chi connectivity index (χ1v) is 7.15. The monoisotopic (exact) mass is 245 g/mol. The highest BCUT2D eigenvalue weighted by molar-refractivity contribution is 7.90. The van der Waals surface area contributed by atoms with Gasteiger partial charge in [0, 0.05) is 12.3 Å². The molecule has 1 radical (unpaired) electrons. The van der Waals surface area contributed by atoms with E-state index < -0.39 is 9.84 Å². The molecule has 0 bridgehead atoms. The van der Waals surface area contributed by atoms with Gasteiger partial charge in [-0.25, -0.2) is 8.42 Å². The zero-order valence-electron chi connectivity index (χ0n) is 9.77. The van der Waals surface area contributed by atoms with Crippen LogP contribution in [-0.2, 0) is 9.84 Å². The number of aryl methyl sites for hydroxylation is 1. The lowest BCUT2D eigenvalue weighted by Crippen LogP contribution is -1.97. The van der Waals surface area contributed by atoms with Crippen molar-refractivity contribution in [2.24, 2.45) is 0 Å². The fourth-order valence-corrected chi connectivity index (χ4v) is 2.19. The van der Waals surface area contributed by atoms with Crippen molar-refractivity contribution >= 4 is 9.84 Å². The van der Waals surface area contributed by atoms with E-state index in [-0.39, 0.29) is 4.90 Å². The second-order valence-electron chi connectivity index (χ2n) is 4.07. The summed E-state index contributed by atoms with van der Waals surface area (Å²) in [6.07, 6.45) is 1.19. The van der Waals surface area contributed by atoms with Crippen LogP contribution in [0.4, 0.5) is 0 Å². The lowest BCUT2D eigenvalue weighted by Gasteiger charge is -2.04. The molecule has 0 aliphatic heterocycles. The highest BCUT2D eigenvalue weighted by Gasteiger charge is 2.08. The summed E-state index contributed by atoms with van der Waals surface area (Å²) in [5, 5.41) is 0. The molecule has 0 aliphatic rings. The van der Waals surface area contributed by atoms with Crippen molar-refractivity contribution in [2.75, 3.05) is 6.26 Å². The van der Waals surface area contributed by atoms with Crippen LogP contribution >= 0.6 is 0 Å². The molecule has 0 heterocycles. The molecule has 87 valence electrons. The van der Waals surface area contributed by atoms with Crippen LogP contribution in [0.25, 0.3) is 11.1 Å². The van der Waals surface area contributed by atoms with Gasteiger partial charge in [0.1, 0.15) is 0 Å². The average molecular weight is 245 g/mol. The lowest BCUT2D eigenvalue weighted by atomic mass is 10.0. The summed E-state index contributed by atoms with van der Waals surface area (Å²) in [4.78, 5) is 0.232. The molecule has 2 rings (SSSR count). The van der Waals surface area contributed by atoms with Crippen molar-refractivity contribution < 1.29 is 8.42 Å². The van der Waals surface area contributed by atoms with Crippen LogP contribution < -0.4 is 0 Å². The summed E-state index contributed by atoms with van der Waals surface area (Å²) >= 11 is 0. The summed E-state index contributed by atoms with van der Waals surface area (Å²) in [5.41, 5.74) is 2.95. The van der Waals surface area contributed by atoms with E-state index in [4.69, 9.17) is 0 Å². The number of benzene rings is 2. The van der Waals surface area contributed by atoms with Crippen LogP contribution in [0.1, 0.15) is 5.56 Å². The highest BCUT2D eigenvalue weighted by Crippen LogP contribution is 2.22. The summed E-state index contributed by atoms with van der Waals surface area (Å²) in [5.74, 6) is 0. The summed E-state index contributed by atoms with van der Waals surface area (Å²) in [6.45, 7) is 2.01. The van der Waals surface area contributed by atoms with Crippen LogP contribution in [0.15, 0.2) is 47.4 Å². The van der Waals surface area contributed by atoms with E-state index in [1.54, 1.807) is 12.1 Å². The first-order chi connectivity index (χ1) is 7.97. The van der Waals surface area contributed by atoms with Gasteiger partial charge < -0.3 is 0 Å². The third kappa shape index (κ3) is 2.74. The van der Waals surface area contributed by atoms with Gasteiger partial charge in [-0.1, -0.05) is 42.0 Å². The van der Waals surface area contributed by atoms with Crippen LogP contribution in [0.5, 0.6) is 0 Å². The SMILES string of the molecule is Cc1ccc(-c2[c]c(S(C)(=O)=O)ccc2)cc1. The van der Waals surface area contributed by atoms with E-state index >= 15 is 0 Å². The maximum atomic E-state index is 11.4. The van der Waals surface area contributed by atoms with E-state index in [1.165, 1.54) is 11.8 Å². The van der Waals surface area contributed by atoms with Crippen LogP contribution in [0.2, 0.25) is 0 Å². The molecule has 0 N–H and O–H groups in total. The topological polar surface area (TPSA) is 34.1 Å². The zero-order chi connectivity index (χ0) is 12.5. The third-order valence-corrected chi connectivity index (χ3v) is 3.57. The first kappa shape index (κ1) is 11.9. The highest BCUT2D eigenvalue weighted by atomic mass is 32.2. The maximum Gasteiger partial charge on any atom is 0.176 e. The predicted molar refractivity (Wildman–Crippen MR) is 68.6 cm³/mol. The van der Waals surface area contributed by atoms with Crippen LogP contribution in [-0.4, -0.2) is 14.7 Å². The summed E-state index contributed by atoms with van der Waals surface area (Å²) in [6, 6.07) is 16.0. The number of hydrogen-bond donors (Lipinski definition) is 0. The second kappa shape index (κ2) is 4.34. The molecule has 0 amide bonds. The maximum absolute atomic E-state index is 11.4. The molecular weight excluding hydrogens is 232 g/mol. The first-order valence-electron chi connectivity index (χ1n) is 5.26. The Kier molecular flexibility index (Phi) is 3.03. The van der Waals surface area contributed by atoms with Crippen molar-refractivity contribution in [2.45, 2.75) is 11.8 Å². The van der Waals surface area contributed by atoms with Gasteiger partial charge in [0.15, 0.2) is 9.84 Å². The molecule has 0 fully saturated rings. The number of hydrogen-bond acceptors (Lipinski definition) is 2. The molecule has 0 unspecified atom stereocenters. The van der Waals surface area contributed by atoms with Gasteiger partial charge in [0.05, 0.1) is 4.90 Å². The van der Waals surface area contributed by atoms with Gasteiger partial charge in [-0.2, -0.15) is 0 Å². The molecule has 0 saturated heterocycles. The van der Waals surface area contributed by atoms with Gasteiger partial charge >= 0.3 is 0 Å². The van der Waals surface area contributed by atoms with Gasteiger partial charge in [-0.15, -0.1) is 0 Å². The Balaban J connectivity index is 2.50. The van der Waals surface area contributed by atoms with Crippen molar-refractivity contribution in [3.63, 3.8) is 0 Å². The van der Waals surface area contributed by atoms with Gasteiger partial charge in [0.25, 0.3) is 0 Å². The molecule has 0 aliphatic carbocycles. The Morgan fingerprint density at radius 3 is 2.24 bits per heavy atom. The molecule has 17 heavy (non-hydrogen) atoms. The molecule has 3 heteroatoms. The van der Waals surface area contributed by atoms with E-state index in [2.05, 4.69) is 6.07 Å². The van der Waals surface area contributed by atoms with E-state index in [1.807, 2.05) is 37.3 Å². The summed E-state index contributed by atoms with van der Waals surface area (Å²) in [7, 11) is -3.20. The molecule has 2 aromatic rings. The smallest absolute Gasteiger partial charge is 0.176 e. The molecule has 0 saturated carbocycles. The van der Waals surface area contributed by atoms with Crippen molar-refractivity contribution in [3.8, 4) is 11.1 Å². The van der Waals surface area contributed by atoms with E-state index in [9.17, 15) is 8.42 Å². The quantitative estimate of drug-likeness (QED) is 0.815. The van der Waals surface area contributed by atoms with Gasteiger partial charge in [0.2, 0.25) is 0 Å². The van der Waals surface area contributed by atoms with E-state index in [0.29, 0.717) is 0 Å². The number of rotatable bonds is 2. The minimum absolute atomic E-state index is 0.232. The van der Waals surface area contributed by atoms with Crippen molar-refractivity contribution in [1.29, 1.82) is 0 Å².